The summed E-state index contributed by atoms with van der Waals surface area (Å²) in [6.07, 6.45) is 1.79. The molecule has 4 nitrogen and oxygen atoms in total. The third-order valence-electron chi connectivity index (χ3n) is 2.35. The minimum absolute atomic E-state index is 0.381. The van der Waals surface area contributed by atoms with Gasteiger partial charge >= 0.3 is 0 Å². The number of H-pyrrole nitrogens is 1. The number of imidazole rings is 1. The monoisotopic (exact) mass is 270 g/mol. The standard InChI is InChI=1S/C11H12Cl2N4/c1-6-3-9(12)17-11(13)10(6)15-5-8-4-14-7(2)16-8/h3-4,15H,5H2,1-2H3,(H,14,16). The van der Waals surface area contributed by atoms with E-state index in [1.165, 1.54) is 0 Å². The van der Waals surface area contributed by atoms with Crippen LogP contribution < -0.4 is 5.32 Å². The maximum atomic E-state index is 6.02. The van der Waals surface area contributed by atoms with E-state index in [0.29, 0.717) is 16.9 Å². The molecule has 0 fully saturated rings. The molecule has 2 aromatic rings. The molecule has 2 heterocycles. The average molecular weight is 271 g/mol. The van der Waals surface area contributed by atoms with Gasteiger partial charge in [-0.3, -0.25) is 0 Å². The molecule has 0 saturated carbocycles. The molecule has 6 heteroatoms. The number of pyridine rings is 1. The van der Waals surface area contributed by atoms with Crippen molar-refractivity contribution < 1.29 is 0 Å². The minimum atomic E-state index is 0.381. The largest absolute Gasteiger partial charge is 0.377 e. The zero-order valence-corrected chi connectivity index (χ0v) is 11.0. The van der Waals surface area contributed by atoms with Crippen molar-refractivity contribution >= 4 is 28.9 Å². The predicted molar refractivity (Wildman–Crippen MR) is 69.6 cm³/mol. The highest BCUT2D eigenvalue weighted by molar-refractivity contribution is 6.34. The van der Waals surface area contributed by atoms with Crippen molar-refractivity contribution in [1.29, 1.82) is 0 Å². The molecular weight excluding hydrogens is 259 g/mol. The molecule has 0 radical (unpaired) electrons. The quantitative estimate of drug-likeness (QED) is 0.842. The summed E-state index contributed by atoms with van der Waals surface area (Å²) in [6.45, 7) is 4.45. The van der Waals surface area contributed by atoms with E-state index < -0.39 is 0 Å². The van der Waals surface area contributed by atoms with Crippen LogP contribution in [0, 0.1) is 13.8 Å². The Balaban J connectivity index is 2.14. The van der Waals surface area contributed by atoms with E-state index in [1.807, 2.05) is 13.8 Å². The van der Waals surface area contributed by atoms with Gasteiger partial charge in [0.05, 0.1) is 24.1 Å². The molecule has 0 atom stereocenters. The van der Waals surface area contributed by atoms with Gasteiger partial charge in [-0.2, -0.15) is 0 Å². The fraction of sp³-hybridized carbons (Fsp3) is 0.273. The topological polar surface area (TPSA) is 53.6 Å². The van der Waals surface area contributed by atoms with Crippen molar-refractivity contribution in [1.82, 2.24) is 15.0 Å². The van der Waals surface area contributed by atoms with Gasteiger partial charge in [0.2, 0.25) is 0 Å². The third kappa shape index (κ3) is 2.90. The Bertz CT molecular complexity index is 513. The first-order valence-electron chi connectivity index (χ1n) is 5.13. The van der Waals surface area contributed by atoms with Gasteiger partial charge in [-0.05, 0) is 25.5 Å². The average Bonchev–Trinajstić information content (AvgIpc) is 2.62. The van der Waals surface area contributed by atoms with Crippen LogP contribution in [0.2, 0.25) is 10.3 Å². The van der Waals surface area contributed by atoms with E-state index in [4.69, 9.17) is 23.2 Å². The van der Waals surface area contributed by atoms with Crippen molar-refractivity contribution in [2.45, 2.75) is 20.4 Å². The molecule has 2 rings (SSSR count). The Morgan fingerprint density at radius 2 is 2.12 bits per heavy atom. The van der Waals surface area contributed by atoms with Crippen LogP contribution in [0.1, 0.15) is 17.1 Å². The Hall–Kier alpha value is -1.26. The molecule has 0 aliphatic carbocycles. The maximum Gasteiger partial charge on any atom is 0.154 e. The number of nitrogens with one attached hydrogen (secondary N) is 2. The Kier molecular flexibility index (Phi) is 3.54. The Morgan fingerprint density at radius 1 is 1.35 bits per heavy atom. The molecule has 90 valence electrons. The summed E-state index contributed by atoms with van der Waals surface area (Å²) in [4.78, 5) is 11.3. The van der Waals surface area contributed by atoms with Gasteiger partial charge in [-0.25, -0.2) is 9.97 Å². The summed E-state index contributed by atoms with van der Waals surface area (Å²) in [5.41, 5.74) is 2.75. The lowest BCUT2D eigenvalue weighted by Gasteiger charge is -2.10. The zero-order valence-electron chi connectivity index (χ0n) is 9.51. The summed E-state index contributed by atoms with van der Waals surface area (Å²) >= 11 is 11.8. The number of aromatic nitrogens is 3. The fourth-order valence-electron chi connectivity index (χ4n) is 1.55. The number of hydrogen-bond donors (Lipinski definition) is 2. The van der Waals surface area contributed by atoms with Crippen LogP contribution in [0.15, 0.2) is 12.3 Å². The van der Waals surface area contributed by atoms with Crippen LogP contribution in [-0.4, -0.2) is 15.0 Å². The predicted octanol–water partition coefficient (Wildman–Crippen LogP) is 3.34. The summed E-state index contributed by atoms with van der Waals surface area (Å²) < 4.78 is 0. The maximum absolute atomic E-state index is 6.02. The number of hydrogen-bond acceptors (Lipinski definition) is 3. The van der Waals surface area contributed by atoms with Gasteiger partial charge in [0.25, 0.3) is 0 Å². The van der Waals surface area contributed by atoms with Gasteiger partial charge in [0.15, 0.2) is 5.15 Å². The van der Waals surface area contributed by atoms with Crippen molar-refractivity contribution in [3.05, 3.63) is 39.7 Å². The van der Waals surface area contributed by atoms with E-state index >= 15 is 0 Å². The van der Waals surface area contributed by atoms with Gasteiger partial charge in [0.1, 0.15) is 11.0 Å². The number of anilines is 1. The van der Waals surface area contributed by atoms with Crippen LogP contribution in [0.4, 0.5) is 5.69 Å². The Morgan fingerprint density at radius 3 is 2.71 bits per heavy atom. The van der Waals surface area contributed by atoms with Crippen LogP contribution in [0.3, 0.4) is 0 Å². The second-order valence-corrected chi connectivity index (χ2v) is 4.52. The molecule has 0 aromatic carbocycles. The van der Waals surface area contributed by atoms with E-state index in [0.717, 1.165) is 22.8 Å². The highest BCUT2D eigenvalue weighted by Crippen LogP contribution is 2.26. The van der Waals surface area contributed by atoms with E-state index in [2.05, 4.69) is 20.3 Å². The highest BCUT2D eigenvalue weighted by atomic mass is 35.5. The summed E-state index contributed by atoms with van der Waals surface area (Å²) in [5.74, 6) is 0.888. The van der Waals surface area contributed by atoms with E-state index in [9.17, 15) is 0 Å². The lowest BCUT2D eigenvalue weighted by Crippen LogP contribution is -2.03. The zero-order chi connectivity index (χ0) is 12.4. The minimum Gasteiger partial charge on any atom is -0.377 e. The van der Waals surface area contributed by atoms with Gasteiger partial charge in [-0.1, -0.05) is 23.2 Å². The van der Waals surface area contributed by atoms with Crippen molar-refractivity contribution in [3.63, 3.8) is 0 Å². The van der Waals surface area contributed by atoms with Crippen LogP contribution in [-0.2, 0) is 6.54 Å². The first kappa shape index (κ1) is 12.2. The lowest BCUT2D eigenvalue weighted by molar-refractivity contribution is 1.04. The number of halogens is 2. The third-order valence-corrected chi connectivity index (χ3v) is 2.82. The van der Waals surface area contributed by atoms with Gasteiger partial charge in [0, 0.05) is 0 Å². The van der Waals surface area contributed by atoms with E-state index in [1.54, 1.807) is 12.3 Å². The molecule has 0 saturated heterocycles. The molecule has 0 aliphatic rings. The number of aromatic amines is 1. The van der Waals surface area contributed by atoms with Crippen LogP contribution in [0.25, 0.3) is 0 Å². The van der Waals surface area contributed by atoms with Crippen molar-refractivity contribution in [2.75, 3.05) is 5.32 Å². The molecule has 0 aliphatic heterocycles. The number of aryl methyl sites for hydroxylation is 2. The lowest BCUT2D eigenvalue weighted by atomic mass is 10.2. The molecule has 0 spiro atoms. The second kappa shape index (κ2) is 4.94. The van der Waals surface area contributed by atoms with Gasteiger partial charge < -0.3 is 10.3 Å². The fourth-order valence-corrected chi connectivity index (χ4v) is 2.15. The molecule has 17 heavy (non-hydrogen) atoms. The van der Waals surface area contributed by atoms with Crippen molar-refractivity contribution in [2.24, 2.45) is 0 Å². The Labute approximate surface area is 109 Å². The normalized spacial score (nSPS) is 10.6. The van der Waals surface area contributed by atoms with E-state index in [-0.39, 0.29) is 0 Å². The molecular formula is C11H12Cl2N4. The number of rotatable bonds is 3. The summed E-state index contributed by atoms with van der Waals surface area (Å²) in [6, 6.07) is 1.77. The first-order chi connectivity index (χ1) is 8.06. The summed E-state index contributed by atoms with van der Waals surface area (Å²) in [5, 5.41) is 3.99. The smallest absolute Gasteiger partial charge is 0.154 e. The molecule has 2 aromatic heterocycles. The number of nitrogens with zero attached hydrogens (tertiary/aromatic N) is 2. The van der Waals surface area contributed by atoms with Crippen LogP contribution >= 0.6 is 23.2 Å². The second-order valence-electron chi connectivity index (χ2n) is 3.78. The molecule has 0 amide bonds. The van der Waals surface area contributed by atoms with Crippen LogP contribution in [0.5, 0.6) is 0 Å². The molecule has 2 N–H and O–H groups in total. The summed E-state index contributed by atoms with van der Waals surface area (Å²) in [7, 11) is 0. The molecule has 0 unspecified atom stereocenters. The van der Waals surface area contributed by atoms with Crippen molar-refractivity contribution in [3.8, 4) is 0 Å². The highest BCUT2D eigenvalue weighted by Gasteiger charge is 2.07. The first-order valence-corrected chi connectivity index (χ1v) is 5.89. The SMILES string of the molecule is Cc1ncc(CNc2c(C)cc(Cl)nc2Cl)[nH]1. The molecule has 0 bridgehead atoms. The van der Waals surface area contributed by atoms with Gasteiger partial charge in [-0.15, -0.1) is 0 Å².